The van der Waals surface area contributed by atoms with Crippen LogP contribution in [0.25, 0.3) is 11.1 Å². The van der Waals surface area contributed by atoms with E-state index in [1.165, 1.54) is 17.7 Å². The van der Waals surface area contributed by atoms with Crippen molar-refractivity contribution in [3.05, 3.63) is 95.6 Å². The highest BCUT2D eigenvalue weighted by atomic mass is 19.1. The fraction of sp³-hybridized carbons (Fsp3) is 0.143. The minimum atomic E-state index is -0.556. The van der Waals surface area contributed by atoms with Crippen molar-refractivity contribution in [1.29, 1.82) is 0 Å². The molecule has 0 radical (unpaired) electrons. The summed E-state index contributed by atoms with van der Waals surface area (Å²) in [6.07, 6.45) is 0. The maximum atomic E-state index is 13.8. The summed E-state index contributed by atoms with van der Waals surface area (Å²) in [5.41, 5.74) is 3.93. The van der Waals surface area contributed by atoms with Crippen LogP contribution in [-0.4, -0.2) is 0 Å². The van der Waals surface area contributed by atoms with Crippen molar-refractivity contribution in [3.8, 4) is 11.1 Å². The van der Waals surface area contributed by atoms with Crippen LogP contribution in [0.3, 0.4) is 0 Å². The molecule has 24 heavy (non-hydrogen) atoms. The van der Waals surface area contributed by atoms with Crippen molar-refractivity contribution in [1.82, 2.24) is 5.32 Å². The fourth-order valence-corrected chi connectivity index (χ4v) is 2.68. The van der Waals surface area contributed by atoms with Crippen LogP contribution in [-0.2, 0) is 6.54 Å². The average Bonchev–Trinajstić information content (AvgIpc) is 2.61. The van der Waals surface area contributed by atoms with Crippen LogP contribution in [0, 0.1) is 11.6 Å². The molecular formula is C21H19F2N. The Hall–Kier alpha value is -2.52. The van der Waals surface area contributed by atoms with Gasteiger partial charge in [-0.1, -0.05) is 60.7 Å². The van der Waals surface area contributed by atoms with Gasteiger partial charge in [0.15, 0.2) is 0 Å². The van der Waals surface area contributed by atoms with Gasteiger partial charge >= 0.3 is 0 Å². The Kier molecular flexibility index (Phi) is 5.02. The maximum absolute atomic E-state index is 13.8. The molecule has 3 rings (SSSR count). The summed E-state index contributed by atoms with van der Waals surface area (Å²) < 4.78 is 26.8. The Bertz CT molecular complexity index is 798. The molecule has 0 bridgehead atoms. The molecule has 3 heteroatoms. The number of hydrogen-bond acceptors (Lipinski definition) is 1. The Labute approximate surface area is 141 Å². The topological polar surface area (TPSA) is 12.0 Å². The summed E-state index contributed by atoms with van der Waals surface area (Å²) >= 11 is 0. The monoisotopic (exact) mass is 323 g/mol. The van der Waals surface area contributed by atoms with Gasteiger partial charge in [0.1, 0.15) is 11.6 Å². The Morgan fingerprint density at radius 2 is 1.50 bits per heavy atom. The summed E-state index contributed by atoms with van der Waals surface area (Å²) in [7, 11) is 0. The lowest BCUT2D eigenvalue weighted by molar-refractivity contribution is 0.518. The Balaban J connectivity index is 1.64. The van der Waals surface area contributed by atoms with E-state index in [1.54, 1.807) is 0 Å². The molecule has 122 valence electrons. The zero-order valence-corrected chi connectivity index (χ0v) is 13.5. The van der Waals surface area contributed by atoms with Crippen LogP contribution >= 0.6 is 0 Å². The fourth-order valence-electron chi connectivity index (χ4n) is 2.68. The highest BCUT2D eigenvalue weighted by Crippen LogP contribution is 2.21. The third-order valence-electron chi connectivity index (χ3n) is 4.10. The van der Waals surface area contributed by atoms with E-state index in [1.807, 2.05) is 25.1 Å². The second-order valence-corrected chi connectivity index (χ2v) is 5.83. The van der Waals surface area contributed by atoms with E-state index in [4.69, 9.17) is 0 Å². The van der Waals surface area contributed by atoms with Crippen LogP contribution in [0.2, 0.25) is 0 Å². The molecule has 1 atom stereocenters. The first kappa shape index (κ1) is 16.3. The molecule has 0 aromatic heterocycles. The second-order valence-electron chi connectivity index (χ2n) is 5.83. The lowest BCUT2D eigenvalue weighted by atomic mass is 10.0. The van der Waals surface area contributed by atoms with Gasteiger partial charge in [0.25, 0.3) is 0 Å². The van der Waals surface area contributed by atoms with E-state index in [2.05, 4.69) is 41.7 Å². The first-order valence-corrected chi connectivity index (χ1v) is 7.96. The summed E-state index contributed by atoms with van der Waals surface area (Å²) in [4.78, 5) is 0. The van der Waals surface area contributed by atoms with Gasteiger partial charge in [0.05, 0.1) is 0 Å². The van der Waals surface area contributed by atoms with Gasteiger partial charge < -0.3 is 5.32 Å². The number of hydrogen-bond donors (Lipinski definition) is 1. The molecule has 0 heterocycles. The molecular weight excluding hydrogens is 304 g/mol. The van der Waals surface area contributed by atoms with Gasteiger partial charge in [-0.05, 0) is 29.7 Å². The molecule has 3 aromatic rings. The lowest BCUT2D eigenvalue weighted by Gasteiger charge is -2.15. The molecule has 0 saturated carbocycles. The van der Waals surface area contributed by atoms with Crippen LogP contribution in [0.1, 0.15) is 24.1 Å². The minimum absolute atomic E-state index is 0.195. The molecule has 0 aliphatic rings. The van der Waals surface area contributed by atoms with Crippen molar-refractivity contribution < 1.29 is 8.78 Å². The number of benzene rings is 3. The molecule has 0 aliphatic heterocycles. The van der Waals surface area contributed by atoms with Gasteiger partial charge in [0, 0.05) is 24.2 Å². The van der Waals surface area contributed by atoms with Gasteiger partial charge in [-0.25, -0.2) is 8.78 Å². The zero-order valence-electron chi connectivity index (χ0n) is 13.5. The predicted molar refractivity (Wildman–Crippen MR) is 93.5 cm³/mol. The smallest absolute Gasteiger partial charge is 0.130 e. The van der Waals surface area contributed by atoms with Gasteiger partial charge in [-0.15, -0.1) is 0 Å². The molecule has 1 unspecified atom stereocenters. The third kappa shape index (κ3) is 3.87. The quantitative estimate of drug-likeness (QED) is 0.655. The van der Waals surface area contributed by atoms with Crippen LogP contribution in [0.15, 0.2) is 72.8 Å². The predicted octanol–water partition coefficient (Wildman–Crippen LogP) is 5.48. The van der Waals surface area contributed by atoms with Crippen LogP contribution in [0.4, 0.5) is 8.78 Å². The summed E-state index contributed by atoms with van der Waals surface area (Å²) in [6.45, 7) is 2.49. The molecule has 0 fully saturated rings. The Morgan fingerprint density at radius 1 is 0.833 bits per heavy atom. The normalized spacial score (nSPS) is 12.1. The number of halogens is 2. The van der Waals surface area contributed by atoms with Crippen molar-refractivity contribution >= 4 is 0 Å². The Morgan fingerprint density at radius 3 is 2.17 bits per heavy atom. The van der Waals surface area contributed by atoms with Crippen molar-refractivity contribution in [2.45, 2.75) is 19.5 Å². The van der Waals surface area contributed by atoms with Crippen LogP contribution in [0.5, 0.6) is 0 Å². The van der Waals surface area contributed by atoms with E-state index >= 15 is 0 Å². The standard InChI is InChI=1S/C21H19F2N/c1-15(20-12-11-19(22)13-21(20)23)24-14-16-7-9-18(10-8-16)17-5-3-2-4-6-17/h2-13,15,24H,14H2,1H3. The van der Waals surface area contributed by atoms with E-state index in [0.29, 0.717) is 12.1 Å². The maximum Gasteiger partial charge on any atom is 0.130 e. The summed E-state index contributed by atoms with van der Waals surface area (Å²) in [6, 6.07) is 22.0. The molecule has 0 saturated heterocycles. The molecule has 0 spiro atoms. The molecule has 0 amide bonds. The minimum Gasteiger partial charge on any atom is -0.306 e. The van der Waals surface area contributed by atoms with Gasteiger partial charge in [0.2, 0.25) is 0 Å². The number of rotatable bonds is 5. The molecule has 1 nitrogen and oxygen atoms in total. The van der Waals surface area contributed by atoms with Crippen molar-refractivity contribution in [3.63, 3.8) is 0 Å². The van der Waals surface area contributed by atoms with Crippen molar-refractivity contribution in [2.24, 2.45) is 0 Å². The molecule has 0 aliphatic carbocycles. The lowest BCUT2D eigenvalue weighted by Crippen LogP contribution is -2.19. The van der Waals surface area contributed by atoms with E-state index in [9.17, 15) is 8.78 Å². The second kappa shape index (κ2) is 7.37. The molecule has 1 N–H and O–H groups in total. The summed E-state index contributed by atoms with van der Waals surface area (Å²) in [5, 5.41) is 3.27. The summed E-state index contributed by atoms with van der Waals surface area (Å²) in [5.74, 6) is -1.07. The highest BCUT2D eigenvalue weighted by molar-refractivity contribution is 5.63. The zero-order chi connectivity index (χ0) is 16.9. The third-order valence-corrected chi connectivity index (χ3v) is 4.10. The van der Waals surface area contributed by atoms with Gasteiger partial charge in [-0.3, -0.25) is 0 Å². The highest BCUT2D eigenvalue weighted by Gasteiger charge is 2.11. The first-order valence-electron chi connectivity index (χ1n) is 7.96. The molecule has 3 aromatic carbocycles. The largest absolute Gasteiger partial charge is 0.306 e. The van der Waals surface area contributed by atoms with E-state index in [-0.39, 0.29) is 6.04 Å². The van der Waals surface area contributed by atoms with E-state index < -0.39 is 11.6 Å². The van der Waals surface area contributed by atoms with Crippen molar-refractivity contribution in [2.75, 3.05) is 0 Å². The number of nitrogens with one attached hydrogen (secondary N) is 1. The average molecular weight is 323 g/mol. The van der Waals surface area contributed by atoms with Gasteiger partial charge in [-0.2, -0.15) is 0 Å². The van der Waals surface area contributed by atoms with E-state index in [0.717, 1.165) is 17.2 Å². The SMILES string of the molecule is CC(NCc1ccc(-c2ccccc2)cc1)c1ccc(F)cc1F. The first-order chi connectivity index (χ1) is 11.6. The van der Waals surface area contributed by atoms with Crippen LogP contribution < -0.4 is 5.32 Å².